The van der Waals surface area contributed by atoms with Gasteiger partial charge in [-0.05, 0) is 178 Å². The van der Waals surface area contributed by atoms with Crippen molar-refractivity contribution < 1.29 is 8.83 Å². The molecule has 0 aliphatic heterocycles. The van der Waals surface area contributed by atoms with Crippen LogP contribution in [0.4, 0.5) is 34.1 Å². The number of furan rings is 2. The monoisotopic (exact) mass is 1010 g/mol. The van der Waals surface area contributed by atoms with E-state index < -0.39 is 0 Å². The van der Waals surface area contributed by atoms with Gasteiger partial charge in [0.05, 0.1) is 22.2 Å². The minimum atomic E-state index is -0.295. The molecule has 0 amide bonds. The smallest absolute Gasteiger partial charge is 0.137 e. The largest absolute Gasteiger partial charge is 0.456 e. The van der Waals surface area contributed by atoms with Gasteiger partial charge in [0.25, 0.3) is 0 Å². The number of rotatable bonds is 6. The van der Waals surface area contributed by atoms with Gasteiger partial charge in [-0.2, -0.15) is 0 Å². The molecule has 5 heteroatoms. The highest BCUT2D eigenvalue weighted by Crippen LogP contribution is 2.55. The molecule has 0 saturated carbocycles. The van der Waals surface area contributed by atoms with Gasteiger partial charge in [-0.15, -0.1) is 0 Å². The molecule has 0 fully saturated rings. The van der Waals surface area contributed by atoms with Gasteiger partial charge >= 0.3 is 0 Å². The molecule has 0 N–H and O–H groups in total. The van der Waals surface area contributed by atoms with Crippen molar-refractivity contribution >= 4 is 127 Å². The topological polar surface area (TPSA) is 37.2 Å². The average Bonchev–Trinajstić information content (AvgIpc) is 3.11. The lowest BCUT2D eigenvalue weighted by atomic mass is 9.81. The van der Waals surface area contributed by atoms with Crippen molar-refractivity contribution in [2.24, 2.45) is 0 Å². The van der Waals surface area contributed by atoms with Crippen LogP contribution in [0.2, 0.25) is 0 Å². The summed E-state index contributed by atoms with van der Waals surface area (Å²) in [6.07, 6.45) is 0. The van der Waals surface area contributed by atoms with Gasteiger partial charge in [-0.25, -0.2) is 0 Å². The van der Waals surface area contributed by atoms with Crippen molar-refractivity contribution in [3.8, 4) is 11.1 Å². The molecule has 15 aromatic rings. The van der Waals surface area contributed by atoms with Gasteiger partial charge in [-0.1, -0.05) is 120 Å². The van der Waals surface area contributed by atoms with Crippen LogP contribution in [0, 0.1) is 13.8 Å². The minimum absolute atomic E-state index is 0.0463. The number of aromatic nitrogens is 1. The van der Waals surface area contributed by atoms with Gasteiger partial charge < -0.3 is 23.0 Å². The molecule has 374 valence electrons. The van der Waals surface area contributed by atoms with Crippen molar-refractivity contribution in [2.75, 3.05) is 9.80 Å². The van der Waals surface area contributed by atoms with Crippen molar-refractivity contribution in [1.82, 2.24) is 4.40 Å². The van der Waals surface area contributed by atoms with Crippen LogP contribution in [0.25, 0.3) is 104 Å². The van der Waals surface area contributed by atoms with E-state index in [9.17, 15) is 0 Å². The van der Waals surface area contributed by atoms with Crippen molar-refractivity contribution in [2.45, 2.75) is 59.3 Å². The van der Waals surface area contributed by atoms with Gasteiger partial charge in [0.1, 0.15) is 22.3 Å². The normalized spacial score (nSPS) is 13.4. The lowest BCUT2D eigenvalue weighted by Crippen LogP contribution is -2.16. The Morgan fingerprint density at radius 3 is 1.63 bits per heavy atom. The van der Waals surface area contributed by atoms with Crippen LogP contribution < -0.4 is 9.80 Å². The number of aryl methyl sites for hydroxylation is 2. The fourth-order valence-electron chi connectivity index (χ4n) is 13.5. The van der Waals surface area contributed by atoms with Crippen LogP contribution in [0.1, 0.15) is 62.4 Å². The molecule has 78 heavy (non-hydrogen) atoms. The molecule has 4 aromatic heterocycles. The Bertz CT molecular complexity index is 5040. The van der Waals surface area contributed by atoms with E-state index in [2.05, 4.69) is 257 Å². The molecule has 0 saturated heterocycles. The summed E-state index contributed by atoms with van der Waals surface area (Å²) in [6.45, 7) is 16.1. The first kappa shape index (κ1) is 44.9. The standard InChI is InChI=1S/C73H55N3O2/c1-42-14-12-16-46(34-42)74(49-25-28-54-52-18-8-10-20-65(52)77-67(54)39-49)48-24-27-51-58-36-44-22-31-63-69(57(44)41-61(58)73(6,7)60(51)38-48)56-30-33-64(70-59-37-45(72(3,4)5)23-32-62(59)76(63)71(56)70)75(47-17-13-15-43(2)35-47)50-26-29-55-53-19-9-11-21-66(53)78-68(55)40-50/h8-41H,1-7H3. The number of hydrogen-bond donors (Lipinski definition) is 0. The Kier molecular flexibility index (Phi) is 9.14. The first-order valence-electron chi connectivity index (χ1n) is 27.3. The molecule has 0 bridgehead atoms. The summed E-state index contributed by atoms with van der Waals surface area (Å²) in [4.78, 5) is 4.84. The van der Waals surface area contributed by atoms with E-state index in [1.54, 1.807) is 0 Å². The zero-order valence-corrected chi connectivity index (χ0v) is 44.8. The second kappa shape index (κ2) is 15.9. The van der Waals surface area contributed by atoms with Crippen LogP contribution in [0.5, 0.6) is 0 Å². The molecule has 5 nitrogen and oxygen atoms in total. The van der Waals surface area contributed by atoms with E-state index in [1.165, 1.54) is 87.8 Å². The van der Waals surface area contributed by atoms with E-state index in [0.29, 0.717) is 0 Å². The maximum atomic E-state index is 6.58. The fraction of sp³-hybridized carbons (Fsp3) is 0.123. The molecular weight excluding hydrogens is 951 g/mol. The number of nitrogens with zero attached hydrogens (tertiary/aromatic N) is 3. The lowest BCUT2D eigenvalue weighted by molar-refractivity contribution is 0.591. The van der Waals surface area contributed by atoms with Crippen molar-refractivity contribution in [3.63, 3.8) is 0 Å². The SMILES string of the molecule is Cc1cccc(N(c2ccc3c(c2)C(C)(C)c2cc4c(ccc5c4c4ccc(N(c6cccc(C)c6)c6ccc7c(c6)oc6ccccc67)c6c7cc(C(C)(C)C)ccc7n5c46)cc2-3)c2ccc3c(c2)oc2ccccc23)c1. The van der Waals surface area contributed by atoms with Gasteiger partial charge in [0.15, 0.2) is 0 Å². The maximum Gasteiger partial charge on any atom is 0.137 e. The quantitative estimate of drug-likeness (QED) is 0.166. The first-order valence-corrected chi connectivity index (χ1v) is 27.3. The van der Waals surface area contributed by atoms with Crippen molar-refractivity contribution in [1.29, 1.82) is 0 Å². The third kappa shape index (κ3) is 6.36. The number of anilines is 6. The van der Waals surface area contributed by atoms with E-state index in [0.717, 1.165) is 78.0 Å². The second-order valence-electron chi connectivity index (χ2n) is 23.5. The van der Waals surface area contributed by atoms with Crippen LogP contribution in [-0.4, -0.2) is 4.40 Å². The summed E-state index contributed by atoms with van der Waals surface area (Å²) in [5.41, 5.74) is 22.4. The predicted octanol–water partition coefficient (Wildman–Crippen LogP) is 20.9. The molecule has 4 heterocycles. The highest BCUT2D eigenvalue weighted by atomic mass is 16.3. The Labute approximate surface area is 452 Å². The molecule has 0 spiro atoms. The third-order valence-electron chi connectivity index (χ3n) is 17.3. The number of benzene rings is 11. The Morgan fingerprint density at radius 1 is 0.397 bits per heavy atom. The highest BCUT2D eigenvalue weighted by Gasteiger charge is 2.37. The first-order chi connectivity index (χ1) is 37.9. The average molecular weight is 1010 g/mol. The Balaban J connectivity index is 0.896. The van der Waals surface area contributed by atoms with E-state index in [-0.39, 0.29) is 10.8 Å². The van der Waals surface area contributed by atoms with Crippen molar-refractivity contribution in [3.05, 3.63) is 234 Å². The molecule has 1 aliphatic carbocycles. The Hall–Kier alpha value is -9.32. The zero-order chi connectivity index (χ0) is 52.5. The zero-order valence-electron chi connectivity index (χ0n) is 44.8. The fourth-order valence-corrected chi connectivity index (χ4v) is 13.5. The van der Waals surface area contributed by atoms with E-state index >= 15 is 0 Å². The molecule has 0 unspecified atom stereocenters. The second-order valence-corrected chi connectivity index (χ2v) is 23.5. The lowest BCUT2D eigenvalue weighted by Gasteiger charge is -2.28. The number of para-hydroxylation sites is 2. The third-order valence-corrected chi connectivity index (χ3v) is 17.3. The molecule has 11 aromatic carbocycles. The molecule has 16 rings (SSSR count). The van der Waals surface area contributed by atoms with Gasteiger partial charge in [-0.3, -0.25) is 0 Å². The van der Waals surface area contributed by atoms with Crippen LogP contribution in [0.15, 0.2) is 215 Å². The van der Waals surface area contributed by atoms with Crippen LogP contribution in [0.3, 0.4) is 0 Å². The molecular formula is C73H55N3O2. The molecule has 1 aliphatic rings. The highest BCUT2D eigenvalue weighted by molar-refractivity contribution is 6.32. The van der Waals surface area contributed by atoms with E-state index in [4.69, 9.17) is 8.83 Å². The molecule has 0 atom stereocenters. The summed E-state index contributed by atoms with van der Waals surface area (Å²) in [5.74, 6) is 0. The van der Waals surface area contributed by atoms with Crippen LogP contribution in [-0.2, 0) is 10.8 Å². The summed E-state index contributed by atoms with van der Waals surface area (Å²) in [5, 5.41) is 12.0. The Morgan fingerprint density at radius 2 is 0.962 bits per heavy atom. The number of fused-ring (bicyclic) bond motifs is 17. The number of hydrogen-bond acceptors (Lipinski definition) is 4. The summed E-state index contributed by atoms with van der Waals surface area (Å²) in [7, 11) is 0. The van der Waals surface area contributed by atoms with E-state index in [1.807, 2.05) is 12.1 Å². The predicted molar refractivity (Wildman–Crippen MR) is 328 cm³/mol. The summed E-state index contributed by atoms with van der Waals surface area (Å²) < 4.78 is 15.6. The summed E-state index contributed by atoms with van der Waals surface area (Å²) >= 11 is 0. The van der Waals surface area contributed by atoms with Gasteiger partial charge in [0.2, 0.25) is 0 Å². The van der Waals surface area contributed by atoms with Crippen LogP contribution >= 0.6 is 0 Å². The minimum Gasteiger partial charge on any atom is -0.456 e. The molecule has 0 radical (unpaired) electrons. The summed E-state index contributed by atoms with van der Waals surface area (Å²) in [6, 6.07) is 76.5. The van der Waals surface area contributed by atoms with Gasteiger partial charge in [0, 0.05) is 89.1 Å². The maximum absolute atomic E-state index is 6.58.